The number of nitrogens with zero attached hydrogens (tertiary/aromatic N) is 4. The first-order valence-corrected chi connectivity index (χ1v) is 9.13. The fourth-order valence-electron chi connectivity index (χ4n) is 3.56. The molecule has 6 nitrogen and oxygen atoms in total. The van der Waals surface area contributed by atoms with E-state index in [0.717, 1.165) is 42.6 Å². The van der Waals surface area contributed by atoms with E-state index in [1.807, 2.05) is 43.0 Å². The molecule has 0 radical (unpaired) electrons. The van der Waals surface area contributed by atoms with Gasteiger partial charge in [-0.3, -0.25) is 9.88 Å². The van der Waals surface area contributed by atoms with Crippen molar-refractivity contribution in [2.75, 3.05) is 13.1 Å². The van der Waals surface area contributed by atoms with E-state index in [1.165, 1.54) is 5.69 Å². The highest BCUT2D eigenvalue weighted by Crippen LogP contribution is 2.24. The maximum atomic E-state index is 10.6. The van der Waals surface area contributed by atoms with Crippen LogP contribution in [-0.2, 0) is 13.1 Å². The summed E-state index contributed by atoms with van der Waals surface area (Å²) in [5.74, 6) is 0.784. The van der Waals surface area contributed by atoms with Crippen molar-refractivity contribution in [2.24, 2.45) is 0 Å². The van der Waals surface area contributed by atoms with E-state index in [9.17, 15) is 5.11 Å². The minimum Gasteiger partial charge on any atom is -0.488 e. The van der Waals surface area contributed by atoms with Gasteiger partial charge in [-0.15, -0.1) is 0 Å². The van der Waals surface area contributed by atoms with Gasteiger partial charge in [0, 0.05) is 50.2 Å². The molecule has 2 atom stereocenters. The number of piperidine rings is 1. The summed E-state index contributed by atoms with van der Waals surface area (Å²) in [7, 11) is 0. The van der Waals surface area contributed by atoms with E-state index in [-0.39, 0.29) is 6.10 Å². The molecule has 4 rings (SSSR count). The first-order chi connectivity index (χ1) is 12.7. The zero-order valence-corrected chi connectivity index (χ0v) is 15.0. The Bertz CT molecular complexity index is 879. The second-order valence-corrected chi connectivity index (χ2v) is 6.80. The van der Waals surface area contributed by atoms with E-state index in [4.69, 9.17) is 4.74 Å². The summed E-state index contributed by atoms with van der Waals surface area (Å²) in [4.78, 5) is 10.6. The molecule has 3 aromatic rings. The van der Waals surface area contributed by atoms with Crippen LogP contribution in [0.4, 0.5) is 0 Å². The standard InChI is InChI=1S/C20H24N4O2/c1-2-24-14-22-11-17(24)12-23-8-6-20(19(25)13-23)26-18-4-3-15-5-7-21-10-16(15)9-18/h3-5,7,9-11,14,19-20,25H,2,6,8,12-13H2,1H3/t19-,20-/m1/s1. The number of hydrogen-bond acceptors (Lipinski definition) is 5. The van der Waals surface area contributed by atoms with Crippen LogP contribution in [0.25, 0.3) is 10.8 Å². The van der Waals surface area contributed by atoms with Crippen molar-refractivity contribution in [1.82, 2.24) is 19.4 Å². The molecule has 0 saturated carbocycles. The average Bonchev–Trinajstić information content (AvgIpc) is 3.11. The Morgan fingerprint density at radius 3 is 2.96 bits per heavy atom. The van der Waals surface area contributed by atoms with Crippen molar-refractivity contribution in [3.05, 3.63) is 54.9 Å². The van der Waals surface area contributed by atoms with Gasteiger partial charge in [-0.05, 0) is 36.9 Å². The molecule has 1 N–H and O–H groups in total. The summed E-state index contributed by atoms with van der Waals surface area (Å²) in [6.45, 7) is 5.33. The molecule has 1 aliphatic rings. The summed E-state index contributed by atoms with van der Waals surface area (Å²) in [5, 5.41) is 12.7. The highest BCUT2D eigenvalue weighted by atomic mass is 16.5. The maximum Gasteiger partial charge on any atom is 0.127 e. The molecular formula is C20H24N4O2. The topological polar surface area (TPSA) is 63.4 Å². The third-order valence-corrected chi connectivity index (χ3v) is 5.03. The average molecular weight is 352 g/mol. The van der Waals surface area contributed by atoms with Gasteiger partial charge in [0.15, 0.2) is 0 Å². The van der Waals surface area contributed by atoms with Crippen LogP contribution in [0.5, 0.6) is 5.75 Å². The van der Waals surface area contributed by atoms with Crippen LogP contribution in [0.15, 0.2) is 49.2 Å². The van der Waals surface area contributed by atoms with Crippen LogP contribution in [0.2, 0.25) is 0 Å². The van der Waals surface area contributed by atoms with E-state index in [2.05, 4.69) is 26.4 Å². The van der Waals surface area contributed by atoms with Gasteiger partial charge in [-0.1, -0.05) is 6.07 Å². The predicted octanol–water partition coefficient (Wildman–Crippen LogP) is 2.47. The molecule has 2 aromatic heterocycles. The number of fused-ring (bicyclic) bond motifs is 1. The van der Waals surface area contributed by atoms with Crippen molar-refractivity contribution in [1.29, 1.82) is 0 Å². The second kappa shape index (κ2) is 7.43. The number of aliphatic hydroxyl groups is 1. The lowest BCUT2D eigenvalue weighted by Gasteiger charge is -2.36. The van der Waals surface area contributed by atoms with Crippen LogP contribution >= 0.6 is 0 Å². The monoisotopic (exact) mass is 352 g/mol. The molecule has 6 heteroatoms. The minimum atomic E-state index is -0.508. The van der Waals surface area contributed by atoms with Gasteiger partial charge in [0.1, 0.15) is 18.0 Å². The molecule has 136 valence electrons. The zero-order valence-electron chi connectivity index (χ0n) is 15.0. The number of imidazole rings is 1. The van der Waals surface area contributed by atoms with E-state index in [1.54, 1.807) is 6.20 Å². The van der Waals surface area contributed by atoms with Crippen molar-refractivity contribution in [3.63, 3.8) is 0 Å². The van der Waals surface area contributed by atoms with Crippen LogP contribution in [-0.4, -0.2) is 49.8 Å². The first kappa shape index (κ1) is 17.0. The lowest BCUT2D eigenvalue weighted by Crippen LogP contribution is -2.48. The Labute approximate surface area is 153 Å². The van der Waals surface area contributed by atoms with E-state index < -0.39 is 6.10 Å². The van der Waals surface area contributed by atoms with Gasteiger partial charge in [0.05, 0.1) is 12.0 Å². The first-order valence-electron chi connectivity index (χ1n) is 9.13. The molecule has 26 heavy (non-hydrogen) atoms. The largest absolute Gasteiger partial charge is 0.488 e. The number of benzene rings is 1. The Balaban J connectivity index is 1.38. The number of aliphatic hydroxyl groups excluding tert-OH is 1. The highest BCUT2D eigenvalue weighted by molar-refractivity contribution is 5.82. The van der Waals surface area contributed by atoms with Gasteiger partial charge in [-0.2, -0.15) is 0 Å². The third-order valence-electron chi connectivity index (χ3n) is 5.03. The van der Waals surface area contributed by atoms with Crippen LogP contribution < -0.4 is 4.74 Å². The lowest BCUT2D eigenvalue weighted by molar-refractivity contribution is -0.0279. The molecule has 0 spiro atoms. The Hall–Kier alpha value is -2.44. The molecule has 0 aliphatic carbocycles. The normalized spacial score (nSPS) is 21.2. The number of rotatable bonds is 5. The summed E-state index contributed by atoms with van der Waals surface area (Å²) in [5.41, 5.74) is 1.18. The van der Waals surface area contributed by atoms with Crippen LogP contribution in [0.1, 0.15) is 19.0 Å². The van der Waals surface area contributed by atoms with E-state index >= 15 is 0 Å². The van der Waals surface area contributed by atoms with Gasteiger partial charge < -0.3 is 14.4 Å². The van der Waals surface area contributed by atoms with Gasteiger partial charge in [0.25, 0.3) is 0 Å². The number of hydrogen-bond donors (Lipinski definition) is 1. The maximum absolute atomic E-state index is 10.6. The molecule has 1 fully saturated rings. The molecule has 1 saturated heterocycles. The molecule has 1 aromatic carbocycles. The second-order valence-electron chi connectivity index (χ2n) is 6.80. The van der Waals surface area contributed by atoms with Gasteiger partial charge in [-0.25, -0.2) is 4.98 Å². The number of likely N-dealkylation sites (tertiary alicyclic amines) is 1. The minimum absolute atomic E-state index is 0.184. The molecule has 0 amide bonds. The summed E-state index contributed by atoms with van der Waals surface area (Å²) in [6.07, 6.45) is 7.48. The Morgan fingerprint density at radius 2 is 2.12 bits per heavy atom. The number of β-amino-alcohol motifs (C(OH)–C–C–N with tert-alkyl or cyclic N) is 1. The predicted molar refractivity (Wildman–Crippen MR) is 100.0 cm³/mol. The quantitative estimate of drug-likeness (QED) is 0.764. The molecule has 3 heterocycles. The molecule has 1 aliphatic heterocycles. The summed E-state index contributed by atoms with van der Waals surface area (Å²) < 4.78 is 8.22. The number of aromatic nitrogens is 3. The highest BCUT2D eigenvalue weighted by Gasteiger charge is 2.29. The van der Waals surface area contributed by atoms with Gasteiger partial charge in [0.2, 0.25) is 0 Å². The van der Waals surface area contributed by atoms with Crippen molar-refractivity contribution in [3.8, 4) is 5.75 Å². The zero-order chi connectivity index (χ0) is 17.9. The fourth-order valence-corrected chi connectivity index (χ4v) is 3.56. The van der Waals surface area contributed by atoms with Crippen LogP contribution in [0.3, 0.4) is 0 Å². The van der Waals surface area contributed by atoms with Crippen molar-refractivity contribution in [2.45, 2.75) is 38.6 Å². The molecule has 0 bridgehead atoms. The summed E-state index contributed by atoms with van der Waals surface area (Å²) >= 11 is 0. The Kier molecular flexibility index (Phi) is 4.86. The number of pyridine rings is 1. The smallest absolute Gasteiger partial charge is 0.127 e. The molecule has 0 unspecified atom stereocenters. The Morgan fingerprint density at radius 1 is 1.19 bits per heavy atom. The lowest BCUT2D eigenvalue weighted by atomic mass is 10.0. The van der Waals surface area contributed by atoms with Crippen molar-refractivity contribution >= 4 is 10.8 Å². The van der Waals surface area contributed by atoms with Crippen molar-refractivity contribution < 1.29 is 9.84 Å². The summed E-state index contributed by atoms with van der Waals surface area (Å²) in [6, 6.07) is 7.95. The van der Waals surface area contributed by atoms with Crippen LogP contribution in [0, 0.1) is 0 Å². The fraction of sp³-hybridized carbons (Fsp3) is 0.400. The SMILES string of the molecule is CCn1cncc1CN1CC[C@@H](Oc2ccc3ccncc3c2)[C@H](O)C1. The van der Waals surface area contributed by atoms with E-state index in [0.29, 0.717) is 6.54 Å². The molecular weight excluding hydrogens is 328 g/mol. The third kappa shape index (κ3) is 3.57. The van der Waals surface area contributed by atoms with Gasteiger partial charge >= 0.3 is 0 Å². The number of aryl methyl sites for hydroxylation is 1. The number of ether oxygens (including phenoxy) is 1.